The molecule has 0 saturated carbocycles. The fourth-order valence-corrected chi connectivity index (χ4v) is 3.01. The fourth-order valence-electron chi connectivity index (χ4n) is 1.97. The average Bonchev–Trinajstić information content (AvgIpc) is 2.43. The van der Waals surface area contributed by atoms with Crippen molar-refractivity contribution in [2.24, 2.45) is 0 Å². The van der Waals surface area contributed by atoms with Crippen molar-refractivity contribution in [3.63, 3.8) is 0 Å². The van der Waals surface area contributed by atoms with E-state index in [1.807, 2.05) is 4.90 Å². The van der Waals surface area contributed by atoms with Gasteiger partial charge in [0.1, 0.15) is 0 Å². The molecule has 1 aliphatic heterocycles. The minimum absolute atomic E-state index is 0.0582. The third-order valence-corrected chi connectivity index (χ3v) is 4.19. The lowest BCUT2D eigenvalue weighted by Crippen LogP contribution is -2.38. The lowest BCUT2D eigenvalue weighted by atomic mass is 10.2. The van der Waals surface area contributed by atoms with Crippen molar-refractivity contribution < 1.29 is 14.8 Å². The quantitative estimate of drug-likeness (QED) is 0.676. The molecule has 0 aromatic heterocycles. The Bertz CT molecular complexity index is 537. The van der Waals surface area contributed by atoms with E-state index in [0.29, 0.717) is 13.1 Å². The molecule has 8 heteroatoms. The van der Waals surface area contributed by atoms with E-state index in [1.54, 1.807) is 23.9 Å². The number of thioether (sulfide) groups is 1. The van der Waals surface area contributed by atoms with Gasteiger partial charge in [-0.05, 0) is 6.07 Å². The normalized spacial score (nSPS) is 13.8. The smallest absolute Gasteiger partial charge is 0.407 e. The molecular formula is C12H15N3O4S. The predicted molar refractivity (Wildman–Crippen MR) is 76.7 cm³/mol. The summed E-state index contributed by atoms with van der Waals surface area (Å²) in [6, 6.07) is 4.81. The van der Waals surface area contributed by atoms with Crippen molar-refractivity contribution in [3.8, 4) is 0 Å². The van der Waals surface area contributed by atoms with Crippen LogP contribution in [0.4, 0.5) is 16.2 Å². The lowest BCUT2D eigenvalue weighted by molar-refractivity contribution is -0.384. The molecule has 2 rings (SSSR count). The lowest BCUT2D eigenvalue weighted by Gasteiger charge is -2.31. The van der Waals surface area contributed by atoms with Crippen LogP contribution in [-0.2, 0) is 0 Å². The van der Waals surface area contributed by atoms with Crippen LogP contribution in [0.5, 0.6) is 0 Å². The highest BCUT2D eigenvalue weighted by atomic mass is 32.2. The summed E-state index contributed by atoms with van der Waals surface area (Å²) in [5.74, 6) is 0.890. The van der Waals surface area contributed by atoms with Crippen molar-refractivity contribution >= 4 is 29.2 Å². The van der Waals surface area contributed by atoms with Gasteiger partial charge < -0.3 is 14.9 Å². The first-order chi connectivity index (χ1) is 9.49. The Morgan fingerprint density at radius 2 is 2.35 bits per heavy atom. The first-order valence-electron chi connectivity index (χ1n) is 6.09. The van der Waals surface area contributed by atoms with Gasteiger partial charge in [-0.2, -0.15) is 0 Å². The second-order valence-electron chi connectivity index (χ2n) is 4.45. The summed E-state index contributed by atoms with van der Waals surface area (Å²) in [5.41, 5.74) is 0.872. The van der Waals surface area contributed by atoms with Gasteiger partial charge in [-0.25, -0.2) is 4.79 Å². The first-order valence-corrected chi connectivity index (χ1v) is 7.08. The summed E-state index contributed by atoms with van der Waals surface area (Å²) in [4.78, 5) is 25.4. The maximum atomic E-state index is 10.8. The van der Waals surface area contributed by atoms with Gasteiger partial charge >= 0.3 is 6.09 Å². The molecule has 1 aromatic rings. The molecule has 0 radical (unpaired) electrons. The molecule has 20 heavy (non-hydrogen) atoms. The van der Waals surface area contributed by atoms with E-state index >= 15 is 0 Å². The summed E-state index contributed by atoms with van der Waals surface area (Å²) in [6.45, 7) is 1.64. The maximum absolute atomic E-state index is 10.8. The van der Waals surface area contributed by atoms with Crippen LogP contribution in [0.3, 0.4) is 0 Å². The predicted octanol–water partition coefficient (Wildman–Crippen LogP) is 2.12. The van der Waals surface area contributed by atoms with Crippen LogP contribution >= 0.6 is 11.8 Å². The zero-order valence-electron chi connectivity index (χ0n) is 11.0. The van der Waals surface area contributed by atoms with E-state index in [4.69, 9.17) is 5.11 Å². The van der Waals surface area contributed by atoms with Gasteiger partial charge in [-0.15, -0.1) is 11.8 Å². The average molecular weight is 297 g/mol. The molecule has 0 spiro atoms. The van der Waals surface area contributed by atoms with E-state index in [-0.39, 0.29) is 5.69 Å². The Hall–Kier alpha value is -1.96. The van der Waals surface area contributed by atoms with Gasteiger partial charge in [0, 0.05) is 49.5 Å². The highest BCUT2D eigenvalue weighted by Gasteiger charge is 2.21. The number of nitro groups is 1. The zero-order chi connectivity index (χ0) is 14.7. The van der Waals surface area contributed by atoms with E-state index in [9.17, 15) is 14.9 Å². The van der Waals surface area contributed by atoms with Crippen LogP contribution in [0.15, 0.2) is 23.1 Å². The molecule has 1 amide bonds. The summed E-state index contributed by atoms with van der Waals surface area (Å²) < 4.78 is 0. The largest absolute Gasteiger partial charge is 0.465 e. The van der Waals surface area contributed by atoms with E-state index in [1.165, 1.54) is 18.0 Å². The van der Waals surface area contributed by atoms with Crippen LogP contribution in [0.1, 0.15) is 0 Å². The molecule has 0 aliphatic carbocycles. The van der Waals surface area contributed by atoms with Gasteiger partial charge in [0.15, 0.2) is 0 Å². The summed E-state index contributed by atoms with van der Waals surface area (Å²) >= 11 is 1.66. The number of nitrogens with zero attached hydrogens (tertiary/aromatic N) is 3. The first kappa shape index (κ1) is 14.4. The van der Waals surface area contributed by atoms with Crippen LogP contribution in [-0.4, -0.2) is 53.5 Å². The standard InChI is InChI=1S/C12H15N3O4S/c1-13(12(16)17)4-5-14-6-7-20-11-3-2-9(15(18)19)8-10(11)14/h2-3,8H,4-7H2,1H3,(H,16,17). The van der Waals surface area contributed by atoms with Crippen LogP contribution in [0.25, 0.3) is 0 Å². The Morgan fingerprint density at radius 1 is 1.60 bits per heavy atom. The summed E-state index contributed by atoms with van der Waals surface area (Å²) in [5, 5.41) is 19.7. The Labute approximate surface area is 120 Å². The highest BCUT2D eigenvalue weighted by molar-refractivity contribution is 7.99. The van der Waals surface area contributed by atoms with Crippen molar-refractivity contribution in [3.05, 3.63) is 28.3 Å². The van der Waals surface area contributed by atoms with E-state index in [2.05, 4.69) is 0 Å². The van der Waals surface area contributed by atoms with Crippen molar-refractivity contribution in [2.75, 3.05) is 37.3 Å². The number of rotatable bonds is 4. The molecule has 1 N–H and O–H groups in total. The summed E-state index contributed by atoms with van der Waals surface area (Å²) in [6.07, 6.45) is -0.976. The zero-order valence-corrected chi connectivity index (χ0v) is 11.8. The molecule has 1 heterocycles. The third kappa shape index (κ3) is 3.13. The monoisotopic (exact) mass is 297 g/mol. The molecule has 0 saturated heterocycles. The molecule has 0 atom stereocenters. The second-order valence-corrected chi connectivity index (χ2v) is 5.59. The molecule has 7 nitrogen and oxygen atoms in total. The van der Waals surface area contributed by atoms with E-state index < -0.39 is 11.0 Å². The molecule has 0 fully saturated rings. The van der Waals surface area contributed by atoms with E-state index in [0.717, 1.165) is 22.9 Å². The Balaban J connectivity index is 2.16. The number of hydrogen-bond acceptors (Lipinski definition) is 5. The van der Waals surface area contributed by atoms with Crippen molar-refractivity contribution in [2.45, 2.75) is 4.90 Å². The molecule has 0 unspecified atom stereocenters. The highest BCUT2D eigenvalue weighted by Crippen LogP contribution is 2.36. The van der Waals surface area contributed by atoms with Crippen LogP contribution < -0.4 is 4.90 Å². The topological polar surface area (TPSA) is 86.9 Å². The van der Waals surface area contributed by atoms with Crippen molar-refractivity contribution in [1.82, 2.24) is 4.90 Å². The SMILES string of the molecule is CN(CCN1CCSc2ccc([N+](=O)[O-])cc21)C(=O)O. The molecule has 1 aromatic carbocycles. The van der Waals surface area contributed by atoms with Crippen LogP contribution in [0, 0.1) is 10.1 Å². The number of hydrogen-bond donors (Lipinski definition) is 1. The third-order valence-electron chi connectivity index (χ3n) is 3.14. The number of nitro benzene ring substituents is 1. The number of likely N-dealkylation sites (N-methyl/N-ethyl adjacent to an activating group) is 1. The maximum Gasteiger partial charge on any atom is 0.407 e. The van der Waals surface area contributed by atoms with Gasteiger partial charge in [-0.1, -0.05) is 0 Å². The van der Waals surface area contributed by atoms with Gasteiger partial charge in [-0.3, -0.25) is 10.1 Å². The number of benzene rings is 1. The summed E-state index contributed by atoms with van der Waals surface area (Å²) in [7, 11) is 1.51. The molecule has 0 bridgehead atoms. The van der Waals surface area contributed by atoms with Crippen molar-refractivity contribution in [1.29, 1.82) is 0 Å². The Morgan fingerprint density at radius 3 is 3.00 bits per heavy atom. The minimum Gasteiger partial charge on any atom is -0.465 e. The molecule has 1 aliphatic rings. The fraction of sp³-hybridized carbons (Fsp3) is 0.417. The molecule has 108 valence electrons. The number of amides is 1. The minimum atomic E-state index is -0.976. The number of carbonyl (C=O) groups is 1. The van der Waals surface area contributed by atoms with Gasteiger partial charge in [0.2, 0.25) is 0 Å². The van der Waals surface area contributed by atoms with Gasteiger partial charge in [0.25, 0.3) is 5.69 Å². The number of anilines is 1. The number of non-ortho nitro benzene ring substituents is 1. The van der Waals surface area contributed by atoms with Gasteiger partial charge in [0.05, 0.1) is 10.6 Å². The second kappa shape index (κ2) is 6.00. The number of carboxylic acid groups (broad SMARTS) is 1. The Kier molecular flexibility index (Phi) is 4.33. The number of fused-ring (bicyclic) bond motifs is 1. The molecular weight excluding hydrogens is 282 g/mol. The van der Waals surface area contributed by atoms with Crippen LogP contribution in [0.2, 0.25) is 0 Å².